The number of aromatic hydroxyl groups is 2. The van der Waals surface area contributed by atoms with Crippen LogP contribution in [0.2, 0.25) is 0 Å². The summed E-state index contributed by atoms with van der Waals surface area (Å²) in [6, 6.07) is 13.0. The number of phenolic OH excluding ortho intramolecular Hbond substituents is 2. The maximum atomic E-state index is 9.32. The number of nitrogens with zero attached hydrogens (tertiary/aromatic N) is 2. The number of hydrogen-bond donors (Lipinski definition) is 4. The summed E-state index contributed by atoms with van der Waals surface area (Å²) in [5.41, 5.74) is 12.6. The molecule has 0 amide bonds. The highest BCUT2D eigenvalue weighted by Crippen LogP contribution is 2.17. The Morgan fingerprint density at radius 2 is 1.10 bits per heavy atom. The molecule has 0 heterocycles. The Bertz CT molecular complexity index is 594. The molecule has 2 rings (SSSR count). The Hall–Kier alpha value is -3.02. The predicted molar refractivity (Wildman–Crippen MR) is 77.7 cm³/mol. The van der Waals surface area contributed by atoms with Crippen molar-refractivity contribution in [2.24, 2.45) is 21.7 Å². The lowest BCUT2D eigenvalue weighted by Gasteiger charge is -2.06. The van der Waals surface area contributed by atoms with Crippen LogP contribution in [-0.4, -0.2) is 21.9 Å². The van der Waals surface area contributed by atoms with Gasteiger partial charge in [0.05, 0.1) is 0 Å². The fraction of sp³-hybridized carbons (Fsp3) is 0. The van der Waals surface area contributed by atoms with Crippen LogP contribution in [0.1, 0.15) is 11.1 Å². The summed E-state index contributed by atoms with van der Waals surface area (Å²) in [4.78, 5) is 0. The molecule has 20 heavy (non-hydrogen) atoms. The van der Waals surface area contributed by atoms with E-state index >= 15 is 0 Å². The predicted octanol–water partition coefficient (Wildman–Crippen LogP) is 1.12. The molecule has 6 nitrogen and oxygen atoms in total. The maximum Gasteiger partial charge on any atom is 0.211 e. The lowest BCUT2D eigenvalue weighted by molar-refractivity contribution is 0.475. The zero-order valence-electron chi connectivity index (χ0n) is 10.6. The SMILES string of the molecule is NC(N)=NN=C(c1ccc(O)cc1)c1ccc(O)cc1. The highest BCUT2D eigenvalue weighted by molar-refractivity contribution is 6.13. The van der Waals surface area contributed by atoms with Gasteiger partial charge in [-0.25, -0.2) is 0 Å². The van der Waals surface area contributed by atoms with Crippen molar-refractivity contribution in [1.82, 2.24) is 0 Å². The van der Waals surface area contributed by atoms with Gasteiger partial charge in [-0.3, -0.25) is 0 Å². The molecule has 0 bridgehead atoms. The van der Waals surface area contributed by atoms with Gasteiger partial charge in [0.1, 0.15) is 17.2 Å². The minimum Gasteiger partial charge on any atom is -0.508 e. The molecular weight excluding hydrogens is 256 g/mol. The molecule has 0 aromatic heterocycles. The first-order valence-electron chi connectivity index (χ1n) is 5.81. The van der Waals surface area contributed by atoms with Crippen molar-refractivity contribution in [1.29, 1.82) is 0 Å². The van der Waals surface area contributed by atoms with Crippen LogP contribution in [0.5, 0.6) is 11.5 Å². The summed E-state index contributed by atoms with van der Waals surface area (Å²) < 4.78 is 0. The van der Waals surface area contributed by atoms with Gasteiger partial charge >= 0.3 is 0 Å². The number of phenols is 2. The van der Waals surface area contributed by atoms with Gasteiger partial charge in [0.25, 0.3) is 0 Å². The first-order valence-corrected chi connectivity index (χ1v) is 5.81. The summed E-state index contributed by atoms with van der Waals surface area (Å²) in [6.07, 6.45) is 0. The largest absolute Gasteiger partial charge is 0.508 e. The van der Waals surface area contributed by atoms with Crippen LogP contribution in [0.4, 0.5) is 0 Å². The Labute approximate surface area is 115 Å². The lowest BCUT2D eigenvalue weighted by Crippen LogP contribution is -2.22. The zero-order valence-corrected chi connectivity index (χ0v) is 10.6. The topological polar surface area (TPSA) is 117 Å². The van der Waals surface area contributed by atoms with Gasteiger partial charge in [0, 0.05) is 11.1 Å². The van der Waals surface area contributed by atoms with Crippen molar-refractivity contribution >= 4 is 11.7 Å². The fourth-order valence-corrected chi connectivity index (χ4v) is 1.63. The second-order valence-electron chi connectivity index (χ2n) is 4.07. The highest BCUT2D eigenvalue weighted by atomic mass is 16.3. The third-order valence-electron chi connectivity index (χ3n) is 2.55. The van der Waals surface area contributed by atoms with E-state index in [0.29, 0.717) is 5.71 Å². The number of guanidine groups is 1. The van der Waals surface area contributed by atoms with E-state index in [1.54, 1.807) is 48.5 Å². The minimum absolute atomic E-state index is 0.153. The molecule has 0 unspecified atom stereocenters. The molecule has 0 radical (unpaired) electrons. The summed E-state index contributed by atoms with van der Waals surface area (Å²) in [6.45, 7) is 0. The van der Waals surface area contributed by atoms with Crippen LogP contribution >= 0.6 is 0 Å². The summed E-state index contributed by atoms with van der Waals surface area (Å²) >= 11 is 0. The van der Waals surface area contributed by atoms with Gasteiger partial charge in [-0.05, 0) is 48.5 Å². The van der Waals surface area contributed by atoms with Crippen LogP contribution in [0.15, 0.2) is 58.7 Å². The molecule has 0 aliphatic carbocycles. The first-order chi connectivity index (χ1) is 9.56. The van der Waals surface area contributed by atoms with E-state index in [-0.39, 0.29) is 17.5 Å². The third-order valence-corrected chi connectivity index (χ3v) is 2.55. The average molecular weight is 270 g/mol. The average Bonchev–Trinajstić information content (AvgIpc) is 2.42. The quantitative estimate of drug-likeness (QED) is 0.380. The van der Waals surface area contributed by atoms with Crippen molar-refractivity contribution < 1.29 is 10.2 Å². The van der Waals surface area contributed by atoms with E-state index in [2.05, 4.69) is 10.2 Å². The van der Waals surface area contributed by atoms with E-state index in [1.165, 1.54) is 0 Å². The first kappa shape index (κ1) is 13.4. The van der Waals surface area contributed by atoms with E-state index in [0.717, 1.165) is 11.1 Å². The monoisotopic (exact) mass is 270 g/mol. The van der Waals surface area contributed by atoms with Crippen molar-refractivity contribution in [3.05, 3.63) is 59.7 Å². The van der Waals surface area contributed by atoms with Gasteiger partial charge in [-0.2, -0.15) is 0 Å². The number of nitrogens with two attached hydrogens (primary N) is 2. The Morgan fingerprint density at radius 1 is 0.700 bits per heavy atom. The van der Waals surface area contributed by atoms with Crippen LogP contribution in [0.25, 0.3) is 0 Å². The molecule has 0 fully saturated rings. The zero-order chi connectivity index (χ0) is 14.5. The van der Waals surface area contributed by atoms with E-state index < -0.39 is 0 Å². The molecule has 0 spiro atoms. The van der Waals surface area contributed by atoms with Gasteiger partial charge < -0.3 is 21.7 Å². The molecule has 2 aromatic rings. The smallest absolute Gasteiger partial charge is 0.211 e. The molecule has 0 atom stereocenters. The minimum atomic E-state index is -0.153. The lowest BCUT2D eigenvalue weighted by atomic mass is 10.0. The van der Waals surface area contributed by atoms with Crippen molar-refractivity contribution in [2.45, 2.75) is 0 Å². The Balaban J connectivity index is 2.50. The van der Waals surface area contributed by atoms with E-state index in [1.807, 2.05) is 0 Å². The van der Waals surface area contributed by atoms with Gasteiger partial charge in [-0.1, -0.05) is 0 Å². The fourth-order valence-electron chi connectivity index (χ4n) is 1.63. The van der Waals surface area contributed by atoms with E-state index in [9.17, 15) is 10.2 Å². The normalized spacial score (nSPS) is 9.80. The van der Waals surface area contributed by atoms with Crippen LogP contribution < -0.4 is 11.5 Å². The van der Waals surface area contributed by atoms with Crippen LogP contribution in [-0.2, 0) is 0 Å². The van der Waals surface area contributed by atoms with Crippen LogP contribution in [0.3, 0.4) is 0 Å². The Kier molecular flexibility index (Phi) is 3.85. The number of benzene rings is 2. The van der Waals surface area contributed by atoms with Gasteiger partial charge in [0.2, 0.25) is 5.96 Å². The Morgan fingerprint density at radius 3 is 1.45 bits per heavy atom. The standard InChI is InChI=1S/C14H14N4O2/c15-14(16)18-17-13(9-1-5-11(19)6-2-9)10-3-7-12(20)8-4-10/h1-8,19-20H,(H4,15,16,18). The molecule has 0 saturated carbocycles. The third kappa shape index (κ3) is 3.26. The molecular formula is C14H14N4O2. The summed E-state index contributed by atoms with van der Waals surface area (Å²) in [5.74, 6) is 0.154. The molecule has 6 N–H and O–H groups in total. The van der Waals surface area contributed by atoms with Gasteiger partial charge in [-0.15, -0.1) is 10.2 Å². The number of hydrogen-bond acceptors (Lipinski definition) is 4. The van der Waals surface area contributed by atoms with E-state index in [4.69, 9.17) is 11.5 Å². The maximum absolute atomic E-state index is 9.32. The van der Waals surface area contributed by atoms with Crippen molar-refractivity contribution in [2.75, 3.05) is 0 Å². The molecule has 0 aliphatic heterocycles. The van der Waals surface area contributed by atoms with Crippen molar-refractivity contribution in [3.8, 4) is 11.5 Å². The molecule has 102 valence electrons. The summed E-state index contributed by atoms with van der Waals surface area (Å²) in [7, 11) is 0. The second-order valence-corrected chi connectivity index (χ2v) is 4.07. The number of rotatable bonds is 3. The van der Waals surface area contributed by atoms with Crippen LogP contribution in [0, 0.1) is 0 Å². The molecule has 0 aliphatic rings. The summed E-state index contributed by atoms with van der Waals surface area (Å²) in [5, 5.41) is 26.3. The molecule has 0 saturated heterocycles. The van der Waals surface area contributed by atoms with Crippen molar-refractivity contribution in [3.63, 3.8) is 0 Å². The van der Waals surface area contributed by atoms with Gasteiger partial charge in [0.15, 0.2) is 0 Å². The molecule has 2 aromatic carbocycles. The highest BCUT2D eigenvalue weighted by Gasteiger charge is 2.07. The second kappa shape index (κ2) is 5.75. The molecule has 6 heteroatoms.